The fourth-order valence-electron chi connectivity index (χ4n) is 3.82. The van der Waals surface area contributed by atoms with E-state index in [2.05, 4.69) is 25.9 Å². The molecule has 0 bridgehead atoms. The van der Waals surface area contributed by atoms with Gasteiger partial charge in [0, 0.05) is 30.3 Å². The molecule has 0 aliphatic carbocycles. The first-order chi connectivity index (χ1) is 16.5. The Bertz CT molecular complexity index is 1180. The van der Waals surface area contributed by atoms with E-state index in [-0.39, 0.29) is 29.4 Å². The lowest BCUT2D eigenvalue weighted by atomic mass is 10.1. The Kier molecular flexibility index (Phi) is 7.34. The van der Waals surface area contributed by atoms with Gasteiger partial charge in [0.2, 0.25) is 0 Å². The van der Waals surface area contributed by atoms with Crippen LogP contribution >= 0.6 is 0 Å². The summed E-state index contributed by atoms with van der Waals surface area (Å²) < 4.78 is 5.22. The zero-order valence-corrected chi connectivity index (χ0v) is 19.0. The van der Waals surface area contributed by atoms with Gasteiger partial charge in [0.15, 0.2) is 11.5 Å². The first-order valence-corrected chi connectivity index (χ1v) is 11.2. The molecular formula is C25H28N6O3. The van der Waals surface area contributed by atoms with Crippen molar-refractivity contribution in [3.8, 4) is 17.0 Å². The summed E-state index contributed by atoms with van der Waals surface area (Å²) >= 11 is 0. The molecule has 2 heterocycles. The average Bonchev–Trinajstić information content (AvgIpc) is 2.88. The van der Waals surface area contributed by atoms with E-state index in [4.69, 9.17) is 10.5 Å². The third-order valence-corrected chi connectivity index (χ3v) is 5.66. The van der Waals surface area contributed by atoms with Gasteiger partial charge < -0.3 is 26.4 Å². The van der Waals surface area contributed by atoms with Gasteiger partial charge in [-0.3, -0.25) is 9.59 Å². The van der Waals surface area contributed by atoms with Gasteiger partial charge in [-0.2, -0.15) is 0 Å². The van der Waals surface area contributed by atoms with Crippen molar-refractivity contribution in [2.24, 2.45) is 0 Å². The average molecular weight is 461 g/mol. The van der Waals surface area contributed by atoms with Crippen LogP contribution < -0.4 is 26.4 Å². The molecule has 176 valence electrons. The number of nitrogens with one attached hydrogen (secondary N) is 3. The number of aromatic nitrogens is 2. The molecule has 1 aromatic heterocycles. The number of hydrogen-bond acceptors (Lipinski definition) is 7. The number of carbonyl (C=O) groups excluding carboxylic acids is 2. The van der Waals surface area contributed by atoms with E-state index in [9.17, 15) is 9.59 Å². The van der Waals surface area contributed by atoms with Gasteiger partial charge >= 0.3 is 0 Å². The second-order valence-electron chi connectivity index (χ2n) is 8.12. The zero-order valence-electron chi connectivity index (χ0n) is 19.0. The van der Waals surface area contributed by atoms with Crippen LogP contribution in [0.3, 0.4) is 0 Å². The van der Waals surface area contributed by atoms with Crippen molar-refractivity contribution in [3.63, 3.8) is 0 Å². The van der Waals surface area contributed by atoms with Crippen LogP contribution in [0.15, 0.2) is 54.7 Å². The first-order valence-electron chi connectivity index (χ1n) is 11.2. The van der Waals surface area contributed by atoms with Crippen molar-refractivity contribution >= 4 is 17.6 Å². The summed E-state index contributed by atoms with van der Waals surface area (Å²) in [5.74, 6) is 0.219. The number of carbonyl (C=O) groups is 2. The van der Waals surface area contributed by atoms with Gasteiger partial charge in [-0.05, 0) is 49.2 Å². The van der Waals surface area contributed by atoms with Crippen LogP contribution in [-0.4, -0.2) is 48.0 Å². The second kappa shape index (κ2) is 10.8. The van der Waals surface area contributed by atoms with E-state index in [0.717, 1.165) is 30.7 Å². The molecule has 1 atom stereocenters. The molecule has 1 aliphatic heterocycles. The van der Waals surface area contributed by atoms with E-state index < -0.39 is 0 Å². The maximum absolute atomic E-state index is 12.8. The van der Waals surface area contributed by atoms with E-state index in [1.165, 1.54) is 6.20 Å². The fourth-order valence-corrected chi connectivity index (χ4v) is 3.82. The summed E-state index contributed by atoms with van der Waals surface area (Å²) in [6.07, 6.45) is 3.40. The van der Waals surface area contributed by atoms with Gasteiger partial charge in [-0.15, -0.1) is 0 Å². The molecule has 1 unspecified atom stereocenters. The maximum Gasteiger partial charge on any atom is 0.274 e. The Labute approximate surface area is 198 Å². The van der Waals surface area contributed by atoms with Crippen LogP contribution in [0.25, 0.3) is 11.3 Å². The number of amides is 2. The number of piperidine rings is 1. The van der Waals surface area contributed by atoms with Crippen molar-refractivity contribution in [1.82, 2.24) is 25.9 Å². The quantitative estimate of drug-likeness (QED) is 0.425. The highest BCUT2D eigenvalue weighted by Gasteiger charge is 2.20. The normalized spacial score (nSPS) is 15.4. The molecule has 1 saturated heterocycles. The third-order valence-electron chi connectivity index (χ3n) is 5.66. The minimum atomic E-state index is -0.354. The summed E-state index contributed by atoms with van der Waals surface area (Å²) in [5.41, 5.74) is 8.55. The van der Waals surface area contributed by atoms with Crippen LogP contribution in [-0.2, 0) is 6.54 Å². The summed E-state index contributed by atoms with van der Waals surface area (Å²) in [6, 6.07) is 14.6. The van der Waals surface area contributed by atoms with Crippen molar-refractivity contribution in [3.05, 3.63) is 71.5 Å². The molecule has 3 aromatic rings. The highest BCUT2D eigenvalue weighted by molar-refractivity contribution is 5.97. The minimum Gasteiger partial charge on any atom is -0.497 e. The molecule has 0 spiro atoms. The Morgan fingerprint density at radius 3 is 2.82 bits per heavy atom. The first kappa shape index (κ1) is 23.2. The van der Waals surface area contributed by atoms with E-state index in [1.54, 1.807) is 25.3 Å². The number of ether oxygens (including phenoxy) is 1. The number of methoxy groups -OCH3 is 1. The van der Waals surface area contributed by atoms with E-state index in [1.807, 2.05) is 30.3 Å². The molecular weight excluding hydrogens is 432 g/mol. The molecule has 9 heteroatoms. The lowest BCUT2D eigenvalue weighted by Crippen LogP contribution is -2.46. The zero-order chi connectivity index (χ0) is 23.9. The largest absolute Gasteiger partial charge is 0.497 e. The van der Waals surface area contributed by atoms with Crippen LogP contribution in [0.1, 0.15) is 39.3 Å². The molecule has 2 amide bonds. The Morgan fingerprint density at radius 1 is 1.18 bits per heavy atom. The number of rotatable bonds is 7. The monoisotopic (exact) mass is 460 g/mol. The lowest BCUT2D eigenvalue weighted by molar-refractivity contribution is 0.0923. The summed E-state index contributed by atoms with van der Waals surface area (Å²) in [5, 5.41) is 9.14. The molecule has 2 aromatic carbocycles. The predicted octanol–water partition coefficient (Wildman–Crippen LogP) is 2.15. The fraction of sp³-hybridized carbons (Fsp3) is 0.280. The van der Waals surface area contributed by atoms with Crippen molar-refractivity contribution < 1.29 is 14.3 Å². The SMILES string of the molecule is COc1cccc(CNC(=O)c2cccc(-c3cnc(N)c(C(=O)NC4CCCNC4)n3)c2)c1. The summed E-state index contributed by atoms with van der Waals surface area (Å²) in [4.78, 5) is 34.1. The highest BCUT2D eigenvalue weighted by Crippen LogP contribution is 2.20. The van der Waals surface area contributed by atoms with Gasteiger partial charge in [-0.1, -0.05) is 24.3 Å². The van der Waals surface area contributed by atoms with Gasteiger partial charge in [-0.25, -0.2) is 9.97 Å². The number of benzene rings is 2. The van der Waals surface area contributed by atoms with Crippen molar-refractivity contribution in [2.45, 2.75) is 25.4 Å². The van der Waals surface area contributed by atoms with Crippen LogP contribution in [0.2, 0.25) is 0 Å². The Balaban J connectivity index is 1.47. The minimum absolute atomic E-state index is 0.0303. The number of anilines is 1. The molecule has 0 saturated carbocycles. The van der Waals surface area contributed by atoms with Crippen LogP contribution in [0.4, 0.5) is 5.82 Å². The number of nitrogen functional groups attached to an aromatic ring is 1. The summed E-state index contributed by atoms with van der Waals surface area (Å²) in [6.45, 7) is 2.03. The number of nitrogens with zero attached hydrogens (tertiary/aromatic N) is 2. The van der Waals surface area contributed by atoms with Gasteiger partial charge in [0.1, 0.15) is 5.75 Å². The molecule has 34 heavy (non-hydrogen) atoms. The Morgan fingerprint density at radius 2 is 2.03 bits per heavy atom. The van der Waals surface area contributed by atoms with E-state index >= 15 is 0 Å². The second-order valence-corrected chi connectivity index (χ2v) is 8.12. The smallest absolute Gasteiger partial charge is 0.274 e. The van der Waals surface area contributed by atoms with Gasteiger partial charge in [0.05, 0.1) is 19.0 Å². The lowest BCUT2D eigenvalue weighted by Gasteiger charge is -2.23. The van der Waals surface area contributed by atoms with Crippen molar-refractivity contribution in [2.75, 3.05) is 25.9 Å². The standard InChI is InChI=1S/C25H28N6O3/c1-34-20-9-2-5-16(11-20)13-29-24(32)18-7-3-6-17(12-18)21-15-28-23(26)22(31-21)25(33)30-19-8-4-10-27-14-19/h2-3,5-7,9,11-12,15,19,27H,4,8,10,13-14H2,1H3,(H2,26,28)(H,29,32)(H,30,33). The topological polar surface area (TPSA) is 131 Å². The third kappa shape index (κ3) is 5.68. The number of hydrogen-bond donors (Lipinski definition) is 4. The van der Waals surface area contributed by atoms with E-state index in [0.29, 0.717) is 29.9 Å². The number of nitrogens with two attached hydrogens (primary N) is 1. The van der Waals surface area contributed by atoms with Crippen molar-refractivity contribution in [1.29, 1.82) is 0 Å². The molecule has 9 nitrogen and oxygen atoms in total. The molecule has 5 N–H and O–H groups in total. The van der Waals surface area contributed by atoms with Gasteiger partial charge in [0.25, 0.3) is 11.8 Å². The highest BCUT2D eigenvalue weighted by atomic mass is 16.5. The molecule has 4 rings (SSSR count). The van der Waals surface area contributed by atoms with Crippen LogP contribution in [0, 0.1) is 0 Å². The molecule has 1 fully saturated rings. The molecule has 0 radical (unpaired) electrons. The predicted molar refractivity (Wildman–Crippen MR) is 129 cm³/mol. The summed E-state index contributed by atoms with van der Waals surface area (Å²) in [7, 11) is 1.60. The molecule has 1 aliphatic rings. The Hall–Kier alpha value is -3.98. The maximum atomic E-state index is 12.8. The van der Waals surface area contributed by atoms with Crippen LogP contribution in [0.5, 0.6) is 5.75 Å².